The van der Waals surface area contributed by atoms with E-state index in [0.717, 1.165) is 36.4 Å². The maximum atomic E-state index is 10.4. The number of aryl methyl sites for hydroxylation is 1. The summed E-state index contributed by atoms with van der Waals surface area (Å²) >= 11 is 0. The minimum atomic E-state index is -0.366. The molecule has 0 spiro atoms. The van der Waals surface area contributed by atoms with Crippen LogP contribution in [0.1, 0.15) is 19.0 Å². The van der Waals surface area contributed by atoms with Crippen molar-refractivity contribution in [1.82, 2.24) is 24.7 Å². The number of aliphatic hydroxyl groups excluding tert-OH is 1. The monoisotopic (exact) mass is 290 g/mol. The minimum absolute atomic E-state index is 0.211. The van der Waals surface area contributed by atoms with Crippen molar-refractivity contribution in [3.63, 3.8) is 0 Å². The standard InChI is InChI=1S/C14H22N6O/c1-4-10-7-12(14-16-15-9-20(14)17-10)19-6-5-11(18(2)3)13(21)8-19/h7,9,11,13,21H,4-6,8H2,1-3H3/t11-,13-/m0/s1. The normalized spacial score (nSPS) is 23.2. The Kier molecular flexibility index (Phi) is 3.77. The van der Waals surface area contributed by atoms with E-state index in [4.69, 9.17) is 0 Å². The van der Waals surface area contributed by atoms with E-state index in [1.165, 1.54) is 0 Å². The van der Waals surface area contributed by atoms with Crippen LogP contribution >= 0.6 is 0 Å². The summed E-state index contributed by atoms with van der Waals surface area (Å²) in [5.41, 5.74) is 2.76. The average Bonchev–Trinajstić information content (AvgIpc) is 2.93. The van der Waals surface area contributed by atoms with Crippen molar-refractivity contribution in [3.8, 4) is 0 Å². The second kappa shape index (κ2) is 5.57. The molecule has 1 aliphatic heterocycles. The number of aromatic nitrogens is 4. The van der Waals surface area contributed by atoms with E-state index < -0.39 is 0 Å². The molecule has 0 bridgehead atoms. The number of hydrogen-bond donors (Lipinski definition) is 1. The zero-order chi connectivity index (χ0) is 15.0. The summed E-state index contributed by atoms with van der Waals surface area (Å²) in [4.78, 5) is 4.29. The van der Waals surface area contributed by atoms with Crippen molar-refractivity contribution in [2.45, 2.75) is 31.9 Å². The molecule has 21 heavy (non-hydrogen) atoms. The molecular formula is C14H22N6O. The first-order valence-electron chi connectivity index (χ1n) is 7.39. The molecule has 1 aliphatic rings. The van der Waals surface area contributed by atoms with E-state index >= 15 is 0 Å². The van der Waals surface area contributed by atoms with Crippen LogP contribution in [0, 0.1) is 0 Å². The lowest BCUT2D eigenvalue weighted by atomic mass is 10.0. The fraction of sp³-hybridized carbons (Fsp3) is 0.643. The van der Waals surface area contributed by atoms with Crippen molar-refractivity contribution in [3.05, 3.63) is 18.1 Å². The predicted molar refractivity (Wildman–Crippen MR) is 80.5 cm³/mol. The first kappa shape index (κ1) is 14.2. The largest absolute Gasteiger partial charge is 0.390 e. The fourth-order valence-corrected chi connectivity index (χ4v) is 3.01. The summed E-state index contributed by atoms with van der Waals surface area (Å²) in [7, 11) is 4.03. The van der Waals surface area contributed by atoms with Gasteiger partial charge in [-0.15, -0.1) is 10.2 Å². The Labute approximate surface area is 124 Å². The van der Waals surface area contributed by atoms with E-state index in [2.05, 4.69) is 38.1 Å². The lowest BCUT2D eigenvalue weighted by Gasteiger charge is -2.40. The highest BCUT2D eigenvalue weighted by atomic mass is 16.3. The highest BCUT2D eigenvalue weighted by molar-refractivity contribution is 5.68. The lowest BCUT2D eigenvalue weighted by molar-refractivity contribution is 0.0631. The van der Waals surface area contributed by atoms with Gasteiger partial charge < -0.3 is 14.9 Å². The van der Waals surface area contributed by atoms with Crippen molar-refractivity contribution in [2.75, 3.05) is 32.1 Å². The summed E-state index contributed by atoms with van der Waals surface area (Å²) in [6.45, 7) is 3.59. The van der Waals surface area contributed by atoms with Crippen LogP contribution in [-0.4, -0.2) is 69.1 Å². The molecule has 0 radical (unpaired) electrons. The Balaban J connectivity index is 1.92. The molecule has 3 heterocycles. The number of likely N-dealkylation sites (N-methyl/N-ethyl adjacent to an activating group) is 1. The van der Waals surface area contributed by atoms with Crippen molar-refractivity contribution in [1.29, 1.82) is 0 Å². The fourth-order valence-electron chi connectivity index (χ4n) is 3.01. The van der Waals surface area contributed by atoms with Crippen LogP contribution in [0.2, 0.25) is 0 Å². The summed E-state index contributed by atoms with van der Waals surface area (Å²) < 4.78 is 1.72. The molecule has 2 aromatic heterocycles. The SMILES string of the molecule is CCc1cc(N2CC[C@H](N(C)C)[C@@H](O)C2)c2nncn2n1. The molecule has 1 N–H and O–H groups in total. The van der Waals surface area contributed by atoms with Gasteiger partial charge >= 0.3 is 0 Å². The molecule has 3 rings (SSSR count). The van der Waals surface area contributed by atoms with Gasteiger partial charge in [0.25, 0.3) is 0 Å². The summed E-state index contributed by atoms with van der Waals surface area (Å²) in [5, 5.41) is 23.0. The first-order valence-corrected chi connectivity index (χ1v) is 7.39. The quantitative estimate of drug-likeness (QED) is 0.870. The number of fused-ring (bicyclic) bond motifs is 1. The lowest BCUT2D eigenvalue weighted by Crippen LogP contribution is -2.52. The zero-order valence-corrected chi connectivity index (χ0v) is 12.8. The van der Waals surface area contributed by atoms with Gasteiger partial charge in [-0.3, -0.25) is 0 Å². The maximum absolute atomic E-state index is 10.4. The van der Waals surface area contributed by atoms with E-state index in [1.54, 1.807) is 10.8 Å². The Morgan fingerprint density at radius 1 is 1.43 bits per heavy atom. The number of anilines is 1. The van der Waals surface area contributed by atoms with Gasteiger partial charge in [0.15, 0.2) is 0 Å². The first-order chi connectivity index (χ1) is 10.1. The third-order valence-electron chi connectivity index (χ3n) is 4.21. The molecule has 2 atom stereocenters. The average molecular weight is 290 g/mol. The summed E-state index contributed by atoms with van der Waals surface area (Å²) in [6.07, 6.45) is 3.05. The number of piperidine rings is 1. The van der Waals surface area contributed by atoms with Crippen LogP contribution in [0.4, 0.5) is 5.69 Å². The van der Waals surface area contributed by atoms with Crippen LogP contribution in [0.15, 0.2) is 12.4 Å². The Bertz CT molecular complexity index is 625. The molecule has 0 amide bonds. The Morgan fingerprint density at radius 3 is 2.90 bits per heavy atom. The molecule has 0 aromatic carbocycles. The van der Waals surface area contributed by atoms with E-state index in [1.807, 2.05) is 14.1 Å². The van der Waals surface area contributed by atoms with Gasteiger partial charge in [0.2, 0.25) is 5.65 Å². The molecular weight excluding hydrogens is 268 g/mol. The Hall–Kier alpha value is -1.73. The second-order valence-corrected chi connectivity index (χ2v) is 5.81. The third-order valence-corrected chi connectivity index (χ3v) is 4.21. The van der Waals surface area contributed by atoms with Crippen LogP contribution in [0.3, 0.4) is 0 Å². The Morgan fingerprint density at radius 2 is 2.24 bits per heavy atom. The molecule has 0 aliphatic carbocycles. The van der Waals surface area contributed by atoms with Gasteiger partial charge in [0, 0.05) is 19.1 Å². The van der Waals surface area contributed by atoms with Crippen LogP contribution in [0.5, 0.6) is 0 Å². The highest BCUT2D eigenvalue weighted by Gasteiger charge is 2.30. The molecule has 0 unspecified atom stereocenters. The number of aliphatic hydroxyl groups is 1. The number of rotatable bonds is 3. The minimum Gasteiger partial charge on any atom is -0.390 e. The number of nitrogens with zero attached hydrogens (tertiary/aromatic N) is 6. The molecule has 2 aromatic rings. The third kappa shape index (κ3) is 2.58. The predicted octanol–water partition coefficient (Wildman–Crippen LogP) is 0.188. The van der Waals surface area contributed by atoms with Crippen LogP contribution in [0.25, 0.3) is 5.65 Å². The smallest absolute Gasteiger partial charge is 0.200 e. The maximum Gasteiger partial charge on any atom is 0.200 e. The summed E-state index contributed by atoms with van der Waals surface area (Å²) in [6, 6.07) is 2.27. The van der Waals surface area contributed by atoms with Crippen molar-refractivity contribution < 1.29 is 5.11 Å². The highest BCUT2D eigenvalue weighted by Crippen LogP contribution is 2.25. The van der Waals surface area contributed by atoms with Crippen molar-refractivity contribution in [2.24, 2.45) is 0 Å². The number of hydrogen-bond acceptors (Lipinski definition) is 6. The van der Waals surface area contributed by atoms with Gasteiger partial charge in [-0.25, -0.2) is 0 Å². The van der Waals surface area contributed by atoms with Crippen LogP contribution in [-0.2, 0) is 6.42 Å². The van der Waals surface area contributed by atoms with Crippen LogP contribution < -0.4 is 4.90 Å². The van der Waals surface area contributed by atoms with Crippen molar-refractivity contribution >= 4 is 11.3 Å². The molecule has 7 nitrogen and oxygen atoms in total. The molecule has 7 heteroatoms. The molecule has 1 saturated heterocycles. The topological polar surface area (TPSA) is 69.8 Å². The molecule has 114 valence electrons. The molecule has 1 fully saturated rings. The van der Waals surface area contributed by atoms with E-state index in [9.17, 15) is 5.11 Å². The van der Waals surface area contributed by atoms with Gasteiger partial charge in [-0.2, -0.15) is 9.61 Å². The van der Waals surface area contributed by atoms with Gasteiger partial charge in [-0.05, 0) is 33.0 Å². The van der Waals surface area contributed by atoms with E-state index in [0.29, 0.717) is 6.54 Å². The molecule has 0 saturated carbocycles. The second-order valence-electron chi connectivity index (χ2n) is 5.81. The van der Waals surface area contributed by atoms with Gasteiger partial charge in [-0.1, -0.05) is 6.92 Å². The van der Waals surface area contributed by atoms with Gasteiger partial charge in [0.1, 0.15) is 6.33 Å². The number of β-amino-alcohol motifs (C(OH)–C–C–N with tert-alkyl or cyclic N) is 1. The zero-order valence-electron chi connectivity index (χ0n) is 12.8. The van der Waals surface area contributed by atoms with E-state index in [-0.39, 0.29) is 12.1 Å². The van der Waals surface area contributed by atoms with Gasteiger partial charge in [0.05, 0.1) is 17.5 Å². The summed E-state index contributed by atoms with van der Waals surface area (Å²) in [5.74, 6) is 0.